The van der Waals surface area contributed by atoms with Crippen LogP contribution >= 0.6 is 0 Å². The highest BCUT2D eigenvalue weighted by Gasteiger charge is 2.48. The molecule has 3 rings (SSSR count). The second-order valence-electron chi connectivity index (χ2n) is 9.33. The van der Waals surface area contributed by atoms with Gasteiger partial charge in [-0.25, -0.2) is 5.48 Å². The SMILES string of the molecule is CC(/C=C/C(=O)NO)=C\C1CCC2/C(=C/C=C3C[C@@H](O)C[C@H](O)C3)CCC[C@]12C. The average Bonchev–Trinajstić information content (AvgIpc) is 3.00. The van der Waals surface area contributed by atoms with Crippen molar-refractivity contribution in [2.45, 2.75) is 77.4 Å². The van der Waals surface area contributed by atoms with Crippen LogP contribution in [0.15, 0.2) is 47.1 Å². The molecule has 0 spiro atoms. The Morgan fingerprint density at radius 1 is 1.14 bits per heavy atom. The van der Waals surface area contributed by atoms with Crippen molar-refractivity contribution in [1.82, 2.24) is 5.48 Å². The van der Waals surface area contributed by atoms with Crippen LogP contribution in [0.3, 0.4) is 0 Å². The first-order chi connectivity index (χ1) is 13.8. The molecular formula is C24H35NO4. The van der Waals surface area contributed by atoms with Crippen LogP contribution in [0.25, 0.3) is 0 Å². The fourth-order valence-electron chi connectivity index (χ4n) is 5.70. The van der Waals surface area contributed by atoms with Crippen LogP contribution in [0, 0.1) is 17.3 Å². The molecule has 3 fully saturated rings. The smallest absolute Gasteiger partial charge is 0.267 e. The second-order valence-corrected chi connectivity index (χ2v) is 9.33. The van der Waals surface area contributed by atoms with Crippen molar-refractivity contribution in [1.29, 1.82) is 0 Å². The second kappa shape index (κ2) is 9.41. The molecule has 3 saturated carbocycles. The first kappa shape index (κ1) is 22.0. The Morgan fingerprint density at radius 2 is 1.86 bits per heavy atom. The van der Waals surface area contributed by atoms with Crippen molar-refractivity contribution in [3.63, 3.8) is 0 Å². The molecule has 3 aliphatic rings. The van der Waals surface area contributed by atoms with Gasteiger partial charge in [-0.05, 0) is 75.5 Å². The van der Waals surface area contributed by atoms with Gasteiger partial charge in [-0.2, -0.15) is 0 Å². The molecular weight excluding hydrogens is 366 g/mol. The zero-order valence-corrected chi connectivity index (χ0v) is 17.6. The lowest BCUT2D eigenvalue weighted by Crippen LogP contribution is -2.32. The average molecular weight is 402 g/mol. The van der Waals surface area contributed by atoms with Crippen LogP contribution in [0.4, 0.5) is 0 Å². The Bertz CT molecular complexity index is 723. The zero-order valence-electron chi connectivity index (χ0n) is 17.6. The number of aliphatic hydroxyl groups excluding tert-OH is 2. The molecule has 1 amide bonds. The number of nitrogens with one attached hydrogen (secondary N) is 1. The molecule has 5 heteroatoms. The quantitative estimate of drug-likeness (QED) is 0.248. The van der Waals surface area contributed by atoms with Gasteiger partial charge in [0.1, 0.15) is 0 Å². The fourth-order valence-corrected chi connectivity index (χ4v) is 5.70. The van der Waals surface area contributed by atoms with Gasteiger partial charge in [0.2, 0.25) is 0 Å². The predicted molar refractivity (Wildman–Crippen MR) is 113 cm³/mol. The van der Waals surface area contributed by atoms with Gasteiger partial charge in [-0.15, -0.1) is 0 Å². The molecule has 0 heterocycles. The number of carbonyl (C=O) groups is 1. The summed E-state index contributed by atoms with van der Waals surface area (Å²) < 4.78 is 0. The summed E-state index contributed by atoms with van der Waals surface area (Å²) in [6.07, 6.45) is 16.6. The first-order valence-electron chi connectivity index (χ1n) is 10.9. The molecule has 29 heavy (non-hydrogen) atoms. The number of hydrogen-bond donors (Lipinski definition) is 4. The number of rotatable bonds is 4. The number of allylic oxidation sites excluding steroid dienone is 6. The van der Waals surface area contributed by atoms with E-state index in [4.69, 9.17) is 5.21 Å². The summed E-state index contributed by atoms with van der Waals surface area (Å²) in [4.78, 5) is 11.2. The van der Waals surface area contributed by atoms with Crippen molar-refractivity contribution in [2.24, 2.45) is 17.3 Å². The summed E-state index contributed by atoms with van der Waals surface area (Å²) in [6, 6.07) is 0. The number of amides is 1. The maximum atomic E-state index is 11.2. The van der Waals surface area contributed by atoms with Crippen LogP contribution in [-0.4, -0.2) is 33.5 Å². The molecule has 3 aliphatic carbocycles. The number of hydrogen-bond acceptors (Lipinski definition) is 4. The highest BCUT2D eigenvalue weighted by atomic mass is 16.5. The Hall–Kier alpha value is -1.69. The number of carbonyl (C=O) groups excluding carboxylic acids is 1. The molecule has 160 valence electrons. The maximum absolute atomic E-state index is 11.2. The van der Waals surface area contributed by atoms with Gasteiger partial charge in [0, 0.05) is 6.08 Å². The molecule has 0 aromatic heterocycles. The van der Waals surface area contributed by atoms with E-state index in [1.165, 1.54) is 30.9 Å². The normalized spacial score (nSPS) is 37.1. The highest BCUT2D eigenvalue weighted by molar-refractivity contribution is 5.86. The van der Waals surface area contributed by atoms with Gasteiger partial charge in [-0.1, -0.05) is 47.9 Å². The van der Waals surface area contributed by atoms with Gasteiger partial charge in [0.15, 0.2) is 0 Å². The third-order valence-electron chi connectivity index (χ3n) is 7.18. The summed E-state index contributed by atoms with van der Waals surface area (Å²) in [6.45, 7) is 4.40. The molecule has 0 saturated heterocycles. The van der Waals surface area contributed by atoms with Gasteiger partial charge in [-0.3, -0.25) is 10.0 Å². The van der Waals surface area contributed by atoms with Crippen molar-refractivity contribution in [3.05, 3.63) is 47.1 Å². The number of fused-ring (bicyclic) bond motifs is 1. The van der Waals surface area contributed by atoms with E-state index in [2.05, 4.69) is 25.2 Å². The zero-order chi connectivity index (χ0) is 21.0. The van der Waals surface area contributed by atoms with Crippen molar-refractivity contribution >= 4 is 5.91 Å². The Labute approximate surface area is 173 Å². The lowest BCUT2D eigenvalue weighted by molar-refractivity contribution is -0.124. The summed E-state index contributed by atoms with van der Waals surface area (Å²) >= 11 is 0. The summed E-state index contributed by atoms with van der Waals surface area (Å²) in [7, 11) is 0. The van der Waals surface area contributed by atoms with Crippen LogP contribution in [0.1, 0.15) is 65.2 Å². The summed E-state index contributed by atoms with van der Waals surface area (Å²) in [5, 5.41) is 28.5. The van der Waals surface area contributed by atoms with E-state index in [1.807, 2.05) is 6.92 Å². The highest BCUT2D eigenvalue weighted by Crippen LogP contribution is 2.58. The van der Waals surface area contributed by atoms with Crippen LogP contribution in [0.2, 0.25) is 0 Å². The third kappa shape index (κ3) is 5.27. The minimum Gasteiger partial charge on any atom is -0.393 e. The van der Waals surface area contributed by atoms with E-state index in [1.54, 1.807) is 11.6 Å². The standard InChI is InChI=1S/C24H35NO4/c1-16(5-10-23(28)25-29)12-19-8-9-22-18(4-3-11-24(19,22)2)7-6-17-13-20(26)15-21(27)14-17/h5-7,10,12,19-22,26-27,29H,3-4,8-9,11,13-15H2,1-2H3,(H,25,28)/b10-5+,16-12+,18-7+/t19?,20-,21-,22?,24-/m1/s1. The van der Waals surface area contributed by atoms with E-state index in [9.17, 15) is 15.0 Å². The number of aliphatic hydroxyl groups is 2. The topological polar surface area (TPSA) is 89.8 Å². The van der Waals surface area contributed by atoms with E-state index in [0.717, 1.165) is 24.0 Å². The molecule has 5 nitrogen and oxygen atoms in total. The van der Waals surface area contributed by atoms with Crippen LogP contribution in [-0.2, 0) is 4.79 Å². The molecule has 5 atom stereocenters. The summed E-state index contributed by atoms with van der Waals surface area (Å²) in [5.74, 6) is 0.524. The van der Waals surface area contributed by atoms with Gasteiger partial charge < -0.3 is 10.2 Å². The minimum absolute atomic E-state index is 0.225. The van der Waals surface area contributed by atoms with Gasteiger partial charge in [0.05, 0.1) is 12.2 Å². The molecule has 2 unspecified atom stereocenters. The molecule has 4 N–H and O–H groups in total. The molecule has 0 bridgehead atoms. The largest absolute Gasteiger partial charge is 0.393 e. The van der Waals surface area contributed by atoms with E-state index in [-0.39, 0.29) is 5.41 Å². The molecule has 0 aromatic carbocycles. The van der Waals surface area contributed by atoms with Crippen LogP contribution in [0.5, 0.6) is 0 Å². The van der Waals surface area contributed by atoms with E-state index >= 15 is 0 Å². The van der Waals surface area contributed by atoms with Gasteiger partial charge >= 0.3 is 0 Å². The third-order valence-corrected chi connectivity index (χ3v) is 7.18. The Morgan fingerprint density at radius 3 is 2.55 bits per heavy atom. The lowest BCUT2D eigenvalue weighted by Gasteiger charge is -2.41. The maximum Gasteiger partial charge on any atom is 0.267 e. The van der Waals surface area contributed by atoms with E-state index in [0.29, 0.717) is 31.1 Å². The predicted octanol–water partition coefficient (Wildman–Crippen LogP) is 3.97. The molecule has 0 aromatic rings. The molecule has 0 radical (unpaired) electrons. The fraction of sp³-hybridized carbons (Fsp3) is 0.625. The van der Waals surface area contributed by atoms with Crippen molar-refractivity contribution in [3.8, 4) is 0 Å². The summed E-state index contributed by atoms with van der Waals surface area (Å²) in [5.41, 5.74) is 5.54. The molecule has 0 aliphatic heterocycles. The Kier molecular flexibility index (Phi) is 7.14. The van der Waals surface area contributed by atoms with E-state index < -0.39 is 18.1 Å². The number of hydroxylamine groups is 1. The Balaban J connectivity index is 1.74. The first-order valence-corrected chi connectivity index (χ1v) is 10.9. The van der Waals surface area contributed by atoms with Crippen molar-refractivity contribution in [2.75, 3.05) is 0 Å². The lowest BCUT2D eigenvalue weighted by atomic mass is 9.63. The van der Waals surface area contributed by atoms with Crippen molar-refractivity contribution < 1.29 is 20.2 Å². The minimum atomic E-state index is -0.512. The van der Waals surface area contributed by atoms with Crippen LogP contribution < -0.4 is 5.48 Å². The van der Waals surface area contributed by atoms with Gasteiger partial charge in [0.25, 0.3) is 5.91 Å². The monoisotopic (exact) mass is 401 g/mol.